The standard InChI is InChI=1S/C12H23NO4/c1-5-6-7-12(16)17-10(8-11(14)15)9-13(2,3)4/h10H,5-9H2,1-4H3/p+1/i1D3. The molecule has 0 amide bonds. The van der Waals surface area contributed by atoms with Crippen LogP contribution >= 0.6 is 0 Å². The number of likely N-dealkylation sites (N-methyl/N-ethyl adjacent to an activating group) is 1. The summed E-state index contributed by atoms with van der Waals surface area (Å²) in [4.78, 5) is 22.4. The fourth-order valence-electron chi connectivity index (χ4n) is 1.43. The van der Waals surface area contributed by atoms with Crippen LogP contribution in [0.1, 0.15) is 36.6 Å². The van der Waals surface area contributed by atoms with Gasteiger partial charge in [-0.25, -0.2) is 0 Å². The minimum absolute atomic E-state index is 0.00828. The highest BCUT2D eigenvalue weighted by molar-refractivity contribution is 5.71. The van der Waals surface area contributed by atoms with Crippen LogP contribution in [-0.4, -0.2) is 55.3 Å². The monoisotopic (exact) mass is 249 g/mol. The zero-order valence-corrected chi connectivity index (χ0v) is 10.7. The van der Waals surface area contributed by atoms with Crippen molar-refractivity contribution in [1.82, 2.24) is 0 Å². The molecule has 0 rings (SSSR count). The predicted octanol–water partition coefficient (Wildman–Crippen LogP) is 1.27. The number of hydrogen-bond donors (Lipinski definition) is 1. The van der Waals surface area contributed by atoms with Crippen LogP contribution in [0.15, 0.2) is 0 Å². The van der Waals surface area contributed by atoms with Crippen molar-refractivity contribution in [2.75, 3.05) is 27.7 Å². The van der Waals surface area contributed by atoms with Gasteiger partial charge in [0.15, 0.2) is 6.10 Å². The number of nitrogens with zero attached hydrogens (tertiary/aromatic N) is 1. The number of quaternary nitrogens is 1. The highest BCUT2D eigenvalue weighted by atomic mass is 16.5. The van der Waals surface area contributed by atoms with Gasteiger partial charge in [-0.15, -0.1) is 0 Å². The maximum atomic E-state index is 11.6. The Morgan fingerprint density at radius 1 is 1.41 bits per heavy atom. The molecule has 1 atom stereocenters. The van der Waals surface area contributed by atoms with Gasteiger partial charge in [-0.1, -0.05) is 13.3 Å². The van der Waals surface area contributed by atoms with Crippen molar-refractivity contribution in [3.63, 3.8) is 0 Å². The molecule has 0 bridgehead atoms. The number of rotatable bonds is 8. The van der Waals surface area contributed by atoms with Crippen LogP contribution in [0.2, 0.25) is 0 Å². The summed E-state index contributed by atoms with van der Waals surface area (Å²) in [6, 6.07) is 0. The summed E-state index contributed by atoms with van der Waals surface area (Å²) >= 11 is 0. The van der Waals surface area contributed by atoms with E-state index in [1.165, 1.54) is 0 Å². The Hall–Kier alpha value is -1.10. The maximum Gasteiger partial charge on any atom is 0.307 e. The SMILES string of the molecule is [2H]C([2H])([2H])CCCC(=O)OC(CC(=O)O)C[N+](C)(C)C. The molecule has 0 spiro atoms. The predicted molar refractivity (Wildman–Crippen MR) is 64.6 cm³/mol. The molecule has 100 valence electrons. The van der Waals surface area contributed by atoms with E-state index in [-0.39, 0.29) is 25.7 Å². The molecule has 0 radical (unpaired) electrons. The van der Waals surface area contributed by atoms with Gasteiger partial charge in [0.1, 0.15) is 6.54 Å². The van der Waals surface area contributed by atoms with Gasteiger partial charge in [0, 0.05) is 10.5 Å². The minimum atomic E-state index is -2.05. The number of ether oxygens (including phenoxy) is 1. The highest BCUT2D eigenvalue weighted by Crippen LogP contribution is 2.07. The summed E-state index contributed by atoms with van der Waals surface area (Å²) in [6.45, 7) is -1.67. The average molecular weight is 249 g/mol. The van der Waals surface area contributed by atoms with Crippen molar-refractivity contribution in [1.29, 1.82) is 0 Å². The molecule has 0 fully saturated rings. The van der Waals surface area contributed by atoms with Gasteiger partial charge in [-0.05, 0) is 6.42 Å². The summed E-state index contributed by atoms with van der Waals surface area (Å²) in [6.07, 6.45) is -0.806. The molecule has 0 aliphatic carbocycles. The lowest BCUT2D eigenvalue weighted by Crippen LogP contribution is -2.43. The van der Waals surface area contributed by atoms with E-state index in [4.69, 9.17) is 14.0 Å². The van der Waals surface area contributed by atoms with Gasteiger partial charge in [-0.2, -0.15) is 0 Å². The molecule has 0 aromatic rings. The molecule has 5 heteroatoms. The van der Waals surface area contributed by atoms with Crippen LogP contribution < -0.4 is 0 Å². The molecule has 0 aromatic carbocycles. The molecule has 0 saturated carbocycles. The van der Waals surface area contributed by atoms with Crippen molar-refractivity contribution in [3.8, 4) is 0 Å². The second kappa shape index (κ2) is 7.27. The molecule has 0 saturated heterocycles. The van der Waals surface area contributed by atoms with Gasteiger partial charge in [0.2, 0.25) is 0 Å². The van der Waals surface area contributed by atoms with Crippen molar-refractivity contribution < 1.29 is 28.0 Å². The van der Waals surface area contributed by atoms with Gasteiger partial charge in [0.25, 0.3) is 0 Å². The zero-order valence-electron chi connectivity index (χ0n) is 13.7. The summed E-state index contributed by atoms with van der Waals surface area (Å²) < 4.78 is 26.7. The Morgan fingerprint density at radius 2 is 2.06 bits per heavy atom. The lowest BCUT2D eigenvalue weighted by Gasteiger charge is -2.28. The molecule has 17 heavy (non-hydrogen) atoms. The first-order valence-electron chi connectivity index (χ1n) is 7.11. The number of esters is 1. The van der Waals surface area contributed by atoms with Crippen LogP contribution in [0.5, 0.6) is 0 Å². The van der Waals surface area contributed by atoms with E-state index in [0.717, 1.165) is 0 Å². The third kappa shape index (κ3) is 9.81. The first-order valence-corrected chi connectivity index (χ1v) is 5.61. The summed E-state index contributed by atoms with van der Waals surface area (Å²) in [5.41, 5.74) is 0. The Balaban J connectivity index is 4.28. The lowest BCUT2D eigenvalue weighted by molar-refractivity contribution is -0.873. The van der Waals surface area contributed by atoms with E-state index in [9.17, 15) is 9.59 Å². The van der Waals surface area contributed by atoms with E-state index in [0.29, 0.717) is 11.0 Å². The smallest absolute Gasteiger partial charge is 0.307 e. The first kappa shape index (κ1) is 11.0. The molecule has 0 aliphatic heterocycles. The van der Waals surface area contributed by atoms with E-state index in [1.54, 1.807) is 0 Å². The van der Waals surface area contributed by atoms with Crippen molar-refractivity contribution in [3.05, 3.63) is 0 Å². The molecule has 1 unspecified atom stereocenters. The van der Waals surface area contributed by atoms with Crippen LogP contribution in [0, 0.1) is 0 Å². The fraction of sp³-hybridized carbons (Fsp3) is 0.833. The number of carboxylic acid groups (broad SMARTS) is 1. The Bertz CT molecular complexity index is 337. The van der Waals surface area contributed by atoms with E-state index in [1.807, 2.05) is 21.1 Å². The van der Waals surface area contributed by atoms with Crippen molar-refractivity contribution in [2.45, 2.75) is 38.6 Å². The van der Waals surface area contributed by atoms with Gasteiger partial charge in [-0.3, -0.25) is 9.59 Å². The third-order valence-electron chi connectivity index (χ3n) is 2.01. The first-order chi connectivity index (χ1) is 8.89. The van der Waals surface area contributed by atoms with Crippen molar-refractivity contribution in [2.24, 2.45) is 0 Å². The molecule has 0 aromatic heterocycles. The summed E-state index contributed by atoms with van der Waals surface area (Å²) in [7, 11) is 5.62. The van der Waals surface area contributed by atoms with Crippen molar-refractivity contribution >= 4 is 11.9 Å². The number of hydrogen-bond acceptors (Lipinski definition) is 3. The maximum absolute atomic E-state index is 11.6. The topological polar surface area (TPSA) is 63.6 Å². The number of carbonyl (C=O) groups is 2. The zero-order chi connectivity index (χ0) is 16.0. The average Bonchev–Trinajstić information content (AvgIpc) is 2.10. The van der Waals surface area contributed by atoms with E-state index < -0.39 is 24.9 Å². The number of carboxylic acids is 1. The molecule has 5 nitrogen and oxygen atoms in total. The van der Waals surface area contributed by atoms with Crippen LogP contribution in [0.3, 0.4) is 0 Å². The molecule has 1 N–H and O–H groups in total. The Morgan fingerprint density at radius 3 is 2.53 bits per heavy atom. The van der Waals surface area contributed by atoms with Gasteiger partial charge in [0.05, 0.1) is 27.6 Å². The summed E-state index contributed by atoms with van der Waals surface area (Å²) in [5.74, 6) is -1.58. The van der Waals surface area contributed by atoms with Gasteiger partial charge >= 0.3 is 11.9 Å². The second-order valence-corrected chi connectivity index (χ2v) is 5.04. The highest BCUT2D eigenvalue weighted by Gasteiger charge is 2.24. The quantitative estimate of drug-likeness (QED) is 0.520. The molecular weight excluding hydrogens is 222 g/mol. The fourth-order valence-corrected chi connectivity index (χ4v) is 1.43. The molecule has 0 aliphatic rings. The Kier molecular flexibility index (Phi) is 4.71. The molecule has 0 heterocycles. The minimum Gasteiger partial charge on any atom is -0.481 e. The van der Waals surface area contributed by atoms with Crippen LogP contribution in [-0.2, 0) is 14.3 Å². The van der Waals surface area contributed by atoms with Crippen LogP contribution in [0.25, 0.3) is 0 Å². The number of aliphatic carboxylic acids is 1. The van der Waals surface area contributed by atoms with E-state index >= 15 is 0 Å². The summed E-state index contributed by atoms with van der Waals surface area (Å²) in [5, 5.41) is 8.80. The van der Waals surface area contributed by atoms with Gasteiger partial charge < -0.3 is 14.3 Å². The normalized spacial score (nSPS) is 16.5. The lowest BCUT2D eigenvalue weighted by atomic mass is 10.2. The van der Waals surface area contributed by atoms with Crippen LogP contribution in [0.4, 0.5) is 0 Å². The molecular formula is C12H24NO4+. The number of carbonyl (C=O) groups excluding carboxylic acids is 1. The Labute approximate surface area is 107 Å². The third-order valence-corrected chi connectivity index (χ3v) is 2.01. The largest absolute Gasteiger partial charge is 0.481 e. The second-order valence-electron chi connectivity index (χ2n) is 5.04. The van der Waals surface area contributed by atoms with E-state index in [2.05, 4.69) is 0 Å².